The predicted octanol–water partition coefficient (Wildman–Crippen LogP) is 3.89. The zero-order chi connectivity index (χ0) is 21.2. The number of carbonyl (C=O) groups is 1. The van der Waals surface area contributed by atoms with Crippen LogP contribution in [0.5, 0.6) is 0 Å². The van der Waals surface area contributed by atoms with Crippen LogP contribution in [0.25, 0.3) is 0 Å². The molecule has 0 radical (unpaired) electrons. The molecule has 3 rings (SSSR count). The fourth-order valence-corrected chi connectivity index (χ4v) is 6.20. The molecule has 0 spiro atoms. The van der Waals surface area contributed by atoms with Crippen LogP contribution in [0.4, 0.5) is 26.3 Å². The van der Waals surface area contributed by atoms with E-state index in [-0.39, 0.29) is 31.1 Å². The molecule has 162 valence electrons. The molecule has 4 atom stereocenters. The van der Waals surface area contributed by atoms with E-state index in [0.29, 0.717) is 12.3 Å². The van der Waals surface area contributed by atoms with E-state index in [2.05, 4.69) is 4.74 Å². The van der Waals surface area contributed by atoms with Crippen LogP contribution in [0.2, 0.25) is 0 Å². The van der Waals surface area contributed by atoms with Gasteiger partial charge < -0.3 is 4.74 Å². The second-order valence-corrected chi connectivity index (χ2v) is 9.82. The van der Waals surface area contributed by atoms with Crippen LogP contribution in [0.3, 0.4) is 0 Å². The zero-order valence-electron chi connectivity index (χ0n) is 14.6. The predicted molar refractivity (Wildman–Crippen MR) is 82.6 cm³/mol. The molecule has 3 saturated carbocycles. The highest BCUT2D eigenvalue weighted by Gasteiger charge is 2.76. The van der Waals surface area contributed by atoms with E-state index in [1.165, 1.54) is 0 Å². The summed E-state index contributed by atoms with van der Waals surface area (Å²) in [7, 11) is -5.77. The Balaban J connectivity index is 1.98. The molecule has 3 aliphatic rings. The van der Waals surface area contributed by atoms with Crippen LogP contribution < -0.4 is 0 Å². The number of halogens is 6. The molecule has 0 amide bonds. The van der Waals surface area contributed by atoms with Crippen LogP contribution in [0.15, 0.2) is 0 Å². The first-order valence-electron chi connectivity index (χ1n) is 8.91. The van der Waals surface area contributed by atoms with Gasteiger partial charge in [-0.1, -0.05) is 6.42 Å². The minimum absolute atomic E-state index is 0.0237. The van der Waals surface area contributed by atoms with Gasteiger partial charge in [-0.3, -0.25) is 9.35 Å². The van der Waals surface area contributed by atoms with Gasteiger partial charge >= 0.3 is 23.9 Å². The molecule has 0 aromatic rings. The monoisotopic (exact) mass is 438 g/mol. The van der Waals surface area contributed by atoms with E-state index in [1.807, 2.05) is 0 Å². The van der Waals surface area contributed by atoms with Crippen LogP contribution in [0, 0.1) is 23.2 Å². The lowest BCUT2D eigenvalue weighted by Crippen LogP contribution is -2.65. The summed E-state index contributed by atoms with van der Waals surface area (Å²) in [5, 5.41) is 0. The second-order valence-electron chi connectivity index (χ2n) is 8.36. The Kier molecular flexibility index (Phi) is 5.01. The molecule has 3 aliphatic carbocycles. The maximum absolute atomic E-state index is 13.4. The Labute approximate surface area is 157 Å². The summed E-state index contributed by atoms with van der Waals surface area (Å²) in [6, 6.07) is 0. The van der Waals surface area contributed by atoms with Crippen molar-refractivity contribution in [2.24, 2.45) is 23.2 Å². The first-order chi connectivity index (χ1) is 12.6. The normalized spacial score (nSPS) is 33.6. The maximum Gasteiger partial charge on any atom is 0.438 e. The highest BCUT2D eigenvalue weighted by atomic mass is 32.2. The summed E-state index contributed by atoms with van der Waals surface area (Å²) in [5.74, 6) is -4.15. The average Bonchev–Trinajstić information content (AvgIpc) is 2.48. The van der Waals surface area contributed by atoms with Gasteiger partial charge in [-0.15, -0.1) is 0 Å². The Morgan fingerprint density at radius 3 is 2.14 bits per heavy atom. The van der Waals surface area contributed by atoms with E-state index in [1.54, 1.807) is 0 Å². The van der Waals surface area contributed by atoms with Gasteiger partial charge in [-0.25, -0.2) is 0 Å². The lowest BCUT2D eigenvalue weighted by atomic mass is 9.51. The number of ether oxygens (including phenoxy) is 1. The van der Waals surface area contributed by atoms with Gasteiger partial charge in [0.2, 0.25) is 0 Å². The van der Waals surface area contributed by atoms with Crippen LogP contribution in [-0.2, 0) is 19.6 Å². The fourth-order valence-electron chi connectivity index (χ4n) is 5.30. The molecule has 0 aromatic heterocycles. The third-order valence-corrected chi connectivity index (χ3v) is 7.35. The minimum atomic E-state index is -6.28. The van der Waals surface area contributed by atoms with Crippen LogP contribution in [0.1, 0.15) is 44.9 Å². The third kappa shape index (κ3) is 3.61. The van der Waals surface area contributed by atoms with Gasteiger partial charge in [0.25, 0.3) is 10.1 Å². The first-order valence-corrected chi connectivity index (χ1v) is 10.5. The number of esters is 1. The fraction of sp³-hybridized carbons (Fsp3) is 0.938. The van der Waals surface area contributed by atoms with E-state index in [0.717, 1.165) is 19.3 Å². The van der Waals surface area contributed by atoms with Crippen molar-refractivity contribution in [3.8, 4) is 0 Å². The molecule has 3 bridgehead atoms. The molecule has 3 fully saturated rings. The van der Waals surface area contributed by atoms with Crippen molar-refractivity contribution < 1.29 is 48.8 Å². The van der Waals surface area contributed by atoms with Gasteiger partial charge in [0, 0.05) is 0 Å². The van der Waals surface area contributed by atoms with E-state index in [4.69, 9.17) is 4.55 Å². The van der Waals surface area contributed by atoms with Gasteiger partial charge in [0.15, 0.2) is 0 Å². The smallest absolute Gasteiger partial charge is 0.438 e. The summed E-state index contributed by atoms with van der Waals surface area (Å²) in [6.07, 6.45) is -9.20. The second kappa shape index (κ2) is 6.48. The summed E-state index contributed by atoms with van der Waals surface area (Å²) >= 11 is 0. The number of fused-ring (bicyclic) bond motifs is 2. The number of hydrogen-bond acceptors (Lipinski definition) is 4. The highest BCUT2D eigenvalue weighted by molar-refractivity contribution is 7.85. The minimum Gasteiger partial charge on any atom is -0.438 e. The lowest BCUT2D eigenvalue weighted by Gasteiger charge is -2.54. The molecule has 1 N–H and O–H groups in total. The van der Waals surface area contributed by atoms with Gasteiger partial charge in [-0.05, 0) is 56.3 Å². The largest absolute Gasteiger partial charge is 0.438 e. The summed E-state index contributed by atoms with van der Waals surface area (Å²) in [6.45, 7) is 0. The number of alkyl halides is 6. The highest BCUT2D eigenvalue weighted by Crippen LogP contribution is 2.59. The number of hydrogen-bond donors (Lipinski definition) is 1. The van der Waals surface area contributed by atoms with Crippen molar-refractivity contribution in [2.75, 3.05) is 5.75 Å². The molecule has 0 aliphatic heterocycles. The van der Waals surface area contributed by atoms with Gasteiger partial charge in [0.1, 0.15) is 5.75 Å². The van der Waals surface area contributed by atoms with Crippen molar-refractivity contribution in [3.63, 3.8) is 0 Å². The summed E-state index contributed by atoms with van der Waals surface area (Å²) in [5.41, 5.74) is -6.80. The summed E-state index contributed by atoms with van der Waals surface area (Å²) in [4.78, 5) is 12.7. The van der Waals surface area contributed by atoms with E-state index >= 15 is 0 Å². The molecule has 28 heavy (non-hydrogen) atoms. The van der Waals surface area contributed by atoms with Gasteiger partial charge in [0.05, 0.1) is 5.41 Å². The van der Waals surface area contributed by atoms with Crippen molar-refractivity contribution in [1.82, 2.24) is 0 Å². The number of carbonyl (C=O) groups excluding carboxylic acids is 1. The standard InChI is InChI=1S/C16H20F6O5S/c17-15(18,19)14(16(20,21)22,8-28(24,25)26)27-12(23)13-4-3-10-2-1-9(6-13)5-11(10)7-13/h9-11H,1-8H2,(H,24,25,26). The Hall–Kier alpha value is -1.04. The quantitative estimate of drug-likeness (QED) is 0.409. The summed E-state index contributed by atoms with van der Waals surface area (Å²) < 4.78 is 115. The SMILES string of the molecule is O=C(OC(CS(=O)(=O)O)(C(F)(F)F)C(F)(F)F)C12CCC3CCC(CC3C1)C2. The Morgan fingerprint density at radius 1 is 1.00 bits per heavy atom. The third-order valence-electron chi connectivity index (χ3n) is 6.58. The van der Waals surface area contributed by atoms with E-state index in [9.17, 15) is 39.6 Å². The van der Waals surface area contributed by atoms with Crippen LogP contribution in [-0.4, -0.2) is 42.6 Å². The van der Waals surface area contributed by atoms with Gasteiger partial charge in [-0.2, -0.15) is 34.8 Å². The van der Waals surface area contributed by atoms with Crippen molar-refractivity contribution in [2.45, 2.75) is 62.9 Å². The molecule has 5 nitrogen and oxygen atoms in total. The van der Waals surface area contributed by atoms with Crippen LogP contribution >= 0.6 is 0 Å². The zero-order valence-corrected chi connectivity index (χ0v) is 15.5. The molecule has 0 aromatic carbocycles. The first kappa shape index (κ1) is 21.7. The van der Waals surface area contributed by atoms with Crippen molar-refractivity contribution in [3.05, 3.63) is 0 Å². The molecule has 0 saturated heterocycles. The topological polar surface area (TPSA) is 80.7 Å². The average molecular weight is 438 g/mol. The molecule has 0 heterocycles. The van der Waals surface area contributed by atoms with Crippen molar-refractivity contribution >= 4 is 16.1 Å². The Bertz CT molecular complexity index is 728. The molecular formula is C16H20F6O5S. The van der Waals surface area contributed by atoms with Crippen molar-refractivity contribution in [1.29, 1.82) is 0 Å². The molecule has 12 heteroatoms. The molecular weight excluding hydrogens is 418 g/mol. The lowest BCUT2D eigenvalue weighted by molar-refractivity contribution is -0.364. The maximum atomic E-state index is 13.4. The van der Waals surface area contributed by atoms with E-state index < -0.39 is 45.2 Å². The molecule has 4 unspecified atom stereocenters. The Morgan fingerprint density at radius 2 is 1.61 bits per heavy atom. The number of rotatable bonds is 4.